The lowest BCUT2D eigenvalue weighted by atomic mass is 10.0. The average molecular weight is 324 g/mol. The molecule has 1 saturated carbocycles. The number of nitrogens with zero attached hydrogens (tertiary/aromatic N) is 6. The number of hydrogen-bond donors (Lipinski definition) is 0. The molecule has 0 aromatic carbocycles. The van der Waals surface area contributed by atoms with Gasteiger partial charge in [-0.3, -0.25) is 4.90 Å². The Hall–Kier alpha value is -2.08. The van der Waals surface area contributed by atoms with Crippen molar-refractivity contribution in [2.24, 2.45) is 0 Å². The largest absolute Gasteiger partial charge is 0.350 e. The predicted octanol–water partition coefficient (Wildman–Crippen LogP) is 2.21. The van der Waals surface area contributed by atoms with Crippen molar-refractivity contribution in [2.75, 3.05) is 18.0 Å². The highest BCUT2D eigenvalue weighted by atomic mass is 15.3. The van der Waals surface area contributed by atoms with E-state index in [4.69, 9.17) is 0 Å². The van der Waals surface area contributed by atoms with E-state index in [1.807, 2.05) is 31.6 Å². The quantitative estimate of drug-likeness (QED) is 0.840. The van der Waals surface area contributed by atoms with Gasteiger partial charge in [0, 0.05) is 55.9 Å². The summed E-state index contributed by atoms with van der Waals surface area (Å²) in [5.74, 6) is 1.93. The fourth-order valence-electron chi connectivity index (χ4n) is 3.58. The van der Waals surface area contributed by atoms with Gasteiger partial charge in [-0.2, -0.15) is 0 Å². The van der Waals surface area contributed by atoms with E-state index in [0.29, 0.717) is 12.1 Å². The van der Waals surface area contributed by atoms with E-state index in [2.05, 4.69) is 29.7 Å². The summed E-state index contributed by atoms with van der Waals surface area (Å²) in [6.45, 7) is 5.11. The maximum atomic E-state index is 4.50. The molecule has 2 aromatic rings. The molecule has 1 aliphatic heterocycles. The van der Waals surface area contributed by atoms with Crippen LogP contribution in [0.3, 0.4) is 0 Å². The molecule has 1 saturated heterocycles. The monoisotopic (exact) mass is 324 g/mol. The Morgan fingerprint density at radius 3 is 2.38 bits per heavy atom. The van der Waals surface area contributed by atoms with Gasteiger partial charge in [0.15, 0.2) is 0 Å². The molecule has 0 N–H and O–H groups in total. The van der Waals surface area contributed by atoms with Crippen LogP contribution in [0.2, 0.25) is 0 Å². The Morgan fingerprint density at radius 2 is 1.75 bits per heavy atom. The molecule has 0 atom stereocenters. The van der Waals surface area contributed by atoms with Crippen LogP contribution in [0.25, 0.3) is 0 Å². The van der Waals surface area contributed by atoms with Gasteiger partial charge in [-0.25, -0.2) is 19.9 Å². The van der Waals surface area contributed by atoms with Crippen LogP contribution in [0.15, 0.2) is 31.0 Å². The minimum absolute atomic E-state index is 0.595. The van der Waals surface area contributed by atoms with Crippen molar-refractivity contribution >= 4 is 5.82 Å². The Morgan fingerprint density at radius 1 is 1.04 bits per heavy atom. The molecule has 2 fully saturated rings. The van der Waals surface area contributed by atoms with Crippen LogP contribution >= 0.6 is 0 Å². The first-order valence-corrected chi connectivity index (χ1v) is 8.84. The van der Waals surface area contributed by atoms with Crippen molar-refractivity contribution in [3.63, 3.8) is 0 Å². The number of rotatable bonds is 5. The van der Waals surface area contributed by atoms with Gasteiger partial charge in [0.25, 0.3) is 0 Å². The highest BCUT2D eigenvalue weighted by Gasteiger charge is 2.36. The van der Waals surface area contributed by atoms with Crippen LogP contribution in [-0.4, -0.2) is 50.0 Å². The predicted molar refractivity (Wildman–Crippen MR) is 92.6 cm³/mol. The molecule has 2 aliphatic rings. The number of aromatic nitrogens is 4. The van der Waals surface area contributed by atoms with Gasteiger partial charge in [-0.1, -0.05) is 0 Å². The highest BCUT2D eigenvalue weighted by molar-refractivity contribution is 5.41. The number of hydrogen-bond acceptors (Lipinski definition) is 6. The van der Waals surface area contributed by atoms with Gasteiger partial charge < -0.3 is 4.90 Å². The van der Waals surface area contributed by atoms with Gasteiger partial charge in [0.1, 0.15) is 18.0 Å². The van der Waals surface area contributed by atoms with Crippen LogP contribution in [0.5, 0.6) is 0 Å². The third-order valence-corrected chi connectivity index (χ3v) is 4.96. The van der Waals surface area contributed by atoms with Crippen LogP contribution in [0, 0.1) is 6.92 Å². The molecule has 2 aromatic heterocycles. The molecule has 4 rings (SSSR count). The Kier molecular flexibility index (Phi) is 4.38. The molecule has 0 amide bonds. The Bertz CT molecular complexity index is 647. The third kappa shape index (κ3) is 3.53. The van der Waals surface area contributed by atoms with E-state index < -0.39 is 0 Å². The maximum Gasteiger partial charge on any atom is 0.132 e. The number of anilines is 1. The van der Waals surface area contributed by atoms with Crippen LogP contribution in [-0.2, 0) is 6.54 Å². The lowest BCUT2D eigenvalue weighted by molar-refractivity contribution is 0.200. The molecule has 1 aliphatic carbocycles. The summed E-state index contributed by atoms with van der Waals surface area (Å²) >= 11 is 0. The summed E-state index contributed by atoms with van der Waals surface area (Å²) in [6.07, 6.45) is 12.4. The number of piperidine rings is 1. The molecular weight excluding hydrogens is 300 g/mol. The zero-order valence-electron chi connectivity index (χ0n) is 14.2. The average Bonchev–Trinajstić information content (AvgIpc) is 3.45. The lowest BCUT2D eigenvalue weighted by Gasteiger charge is -2.39. The van der Waals surface area contributed by atoms with E-state index >= 15 is 0 Å². The standard InChI is InChI=1S/C18H24N6/c1-14-20-10-15(11-21-14)12-23-8-5-17(6-9-23)24(16-2-3-16)18-4-7-19-13-22-18/h4,7,10-11,13,16-17H,2-3,5-6,8-9,12H2,1H3. The second-order valence-electron chi connectivity index (χ2n) is 6.85. The maximum absolute atomic E-state index is 4.50. The van der Waals surface area contributed by atoms with E-state index in [1.54, 1.807) is 6.33 Å². The van der Waals surface area contributed by atoms with Crippen molar-refractivity contribution < 1.29 is 0 Å². The van der Waals surface area contributed by atoms with Gasteiger partial charge in [-0.15, -0.1) is 0 Å². The molecule has 3 heterocycles. The smallest absolute Gasteiger partial charge is 0.132 e. The second-order valence-corrected chi connectivity index (χ2v) is 6.85. The molecule has 24 heavy (non-hydrogen) atoms. The van der Waals surface area contributed by atoms with Crippen molar-refractivity contribution in [3.05, 3.63) is 42.4 Å². The second kappa shape index (κ2) is 6.81. The molecule has 6 heteroatoms. The summed E-state index contributed by atoms with van der Waals surface area (Å²) in [5.41, 5.74) is 1.20. The first-order valence-electron chi connectivity index (χ1n) is 8.84. The number of aryl methyl sites for hydroxylation is 1. The van der Waals surface area contributed by atoms with E-state index in [-0.39, 0.29) is 0 Å². The third-order valence-electron chi connectivity index (χ3n) is 4.96. The minimum atomic E-state index is 0.595. The number of likely N-dealkylation sites (tertiary alicyclic amines) is 1. The van der Waals surface area contributed by atoms with Gasteiger partial charge >= 0.3 is 0 Å². The lowest BCUT2D eigenvalue weighted by Crippen LogP contribution is -2.46. The summed E-state index contributed by atoms with van der Waals surface area (Å²) in [5, 5.41) is 0. The fourth-order valence-corrected chi connectivity index (χ4v) is 3.58. The molecule has 6 nitrogen and oxygen atoms in total. The van der Waals surface area contributed by atoms with E-state index in [0.717, 1.165) is 31.3 Å². The van der Waals surface area contributed by atoms with E-state index in [9.17, 15) is 0 Å². The van der Waals surface area contributed by atoms with Crippen molar-refractivity contribution in [2.45, 2.75) is 51.2 Å². The van der Waals surface area contributed by atoms with Gasteiger partial charge in [0.05, 0.1) is 0 Å². The summed E-state index contributed by atoms with van der Waals surface area (Å²) in [4.78, 5) is 22.2. The van der Waals surface area contributed by atoms with Crippen molar-refractivity contribution in [1.82, 2.24) is 24.8 Å². The van der Waals surface area contributed by atoms with E-state index in [1.165, 1.54) is 31.2 Å². The topological polar surface area (TPSA) is 58.0 Å². The molecule has 0 spiro atoms. The normalized spacial score (nSPS) is 19.4. The molecule has 0 bridgehead atoms. The highest BCUT2D eigenvalue weighted by Crippen LogP contribution is 2.35. The van der Waals surface area contributed by atoms with Crippen LogP contribution < -0.4 is 4.90 Å². The van der Waals surface area contributed by atoms with Crippen molar-refractivity contribution in [1.29, 1.82) is 0 Å². The molecule has 126 valence electrons. The minimum Gasteiger partial charge on any atom is -0.350 e. The zero-order valence-corrected chi connectivity index (χ0v) is 14.2. The summed E-state index contributed by atoms with van der Waals surface area (Å²) in [6, 6.07) is 3.33. The molecule has 0 radical (unpaired) electrons. The van der Waals surface area contributed by atoms with Crippen molar-refractivity contribution in [3.8, 4) is 0 Å². The summed E-state index contributed by atoms with van der Waals surface area (Å²) < 4.78 is 0. The van der Waals surface area contributed by atoms with Crippen LogP contribution in [0.1, 0.15) is 37.1 Å². The zero-order chi connectivity index (χ0) is 16.4. The molecular formula is C18H24N6. The summed E-state index contributed by atoms with van der Waals surface area (Å²) in [7, 11) is 0. The SMILES string of the molecule is Cc1ncc(CN2CCC(N(c3ccncn3)C3CC3)CC2)cn1. The first-order chi connectivity index (χ1) is 11.8. The first kappa shape index (κ1) is 15.4. The van der Waals surface area contributed by atoms with Crippen LogP contribution in [0.4, 0.5) is 5.82 Å². The fraction of sp³-hybridized carbons (Fsp3) is 0.556. The molecule has 0 unspecified atom stereocenters. The van der Waals surface area contributed by atoms with Gasteiger partial charge in [0.2, 0.25) is 0 Å². The Labute approximate surface area is 143 Å². The van der Waals surface area contributed by atoms with Gasteiger partial charge in [-0.05, 0) is 38.7 Å². The Balaban J connectivity index is 1.37.